The first kappa shape index (κ1) is 12.6. The minimum atomic E-state index is 0.0218. The Morgan fingerprint density at radius 1 is 1.44 bits per heavy atom. The molecule has 0 radical (unpaired) electrons. The van der Waals surface area contributed by atoms with Crippen molar-refractivity contribution in [2.45, 2.75) is 33.6 Å². The van der Waals surface area contributed by atoms with E-state index in [1.54, 1.807) is 0 Å². The van der Waals surface area contributed by atoms with Crippen LogP contribution in [0.15, 0.2) is 18.3 Å². The lowest BCUT2D eigenvalue weighted by atomic mass is 9.97. The predicted molar refractivity (Wildman–Crippen MR) is 66.2 cm³/mol. The van der Waals surface area contributed by atoms with Crippen LogP contribution >= 0.6 is 0 Å². The van der Waals surface area contributed by atoms with E-state index in [0.717, 1.165) is 5.69 Å². The maximum atomic E-state index is 11.8. The van der Waals surface area contributed by atoms with Gasteiger partial charge in [-0.05, 0) is 32.9 Å². The lowest BCUT2D eigenvalue weighted by molar-refractivity contribution is 0.0976. The molecule has 1 rings (SSSR count). The zero-order valence-electron chi connectivity index (χ0n) is 10.5. The number of Topliss-reactive ketones (excluding diaryl/α,β-unsaturated/α-hetero) is 1. The summed E-state index contributed by atoms with van der Waals surface area (Å²) in [5.41, 5.74) is 0.783. The molecule has 0 unspecified atom stereocenters. The highest BCUT2D eigenvalue weighted by Crippen LogP contribution is 2.10. The minimum Gasteiger partial charge on any atom is -0.348 e. The van der Waals surface area contributed by atoms with E-state index in [1.165, 1.54) is 0 Å². The van der Waals surface area contributed by atoms with Crippen molar-refractivity contribution < 1.29 is 4.79 Å². The van der Waals surface area contributed by atoms with Crippen molar-refractivity contribution in [1.29, 1.82) is 0 Å². The molecule has 0 spiro atoms. The van der Waals surface area contributed by atoms with Crippen LogP contribution < -0.4 is 0 Å². The summed E-state index contributed by atoms with van der Waals surface area (Å²) in [5, 5.41) is 0. The second kappa shape index (κ2) is 5.03. The van der Waals surface area contributed by atoms with Gasteiger partial charge in [-0.2, -0.15) is 0 Å². The van der Waals surface area contributed by atoms with E-state index >= 15 is 0 Å². The molecule has 0 aliphatic rings. The Morgan fingerprint density at radius 2 is 2.12 bits per heavy atom. The monoisotopic (exact) mass is 217 g/mol. The SMILES string of the molecule is Cn1cccc1C(=O)CCC#CC(C)(C)C. The van der Waals surface area contributed by atoms with Gasteiger partial charge in [0.2, 0.25) is 0 Å². The molecule has 0 aromatic carbocycles. The number of aryl methyl sites for hydroxylation is 1. The Labute approximate surface area is 97.7 Å². The van der Waals surface area contributed by atoms with Gasteiger partial charge in [0.05, 0.1) is 5.69 Å². The van der Waals surface area contributed by atoms with Gasteiger partial charge in [-0.1, -0.05) is 5.92 Å². The van der Waals surface area contributed by atoms with Gasteiger partial charge in [-0.3, -0.25) is 4.79 Å². The highest BCUT2D eigenvalue weighted by Gasteiger charge is 2.08. The third kappa shape index (κ3) is 3.94. The quantitative estimate of drug-likeness (QED) is 0.563. The Kier molecular flexibility index (Phi) is 3.95. The van der Waals surface area contributed by atoms with E-state index in [4.69, 9.17) is 0 Å². The van der Waals surface area contributed by atoms with E-state index in [1.807, 2.05) is 29.9 Å². The van der Waals surface area contributed by atoms with Crippen molar-refractivity contribution >= 4 is 5.78 Å². The fourth-order valence-electron chi connectivity index (χ4n) is 1.38. The fourth-order valence-corrected chi connectivity index (χ4v) is 1.38. The predicted octanol–water partition coefficient (Wildman–Crippen LogP) is 3.04. The van der Waals surface area contributed by atoms with Crippen molar-refractivity contribution in [2.24, 2.45) is 12.5 Å². The molecule has 0 bridgehead atoms. The highest BCUT2D eigenvalue weighted by molar-refractivity contribution is 5.94. The second-order valence-corrected chi connectivity index (χ2v) is 4.98. The lowest BCUT2D eigenvalue weighted by Crippen LogP contribution is -2.05. The minimum absolute atomic E-state index is 0.0218. The van der Waals surface area contributed by atoms with Crippen molar-refractivity contribution in [3.8, 4) is 11.8 Å². The molecule has 0 N–H and O–H groups in total. The molecule has 1 aromatic heterocycles. The molecule has 2 nitrogen and oxygen atoms in total. The van der Waals surface area contributed by atoms with E-state index < -0.39 is 0 Å². The van der Waals surface area contributed by atoms with E-state index in [0.29, 0.717) is 12.8 Å². The number of rotatable bonds is 3. The molecule has 0 saturated heterocycles. The molecule has 0 aliphatic carbocycles. The van der Waals surface area contributed by atoms with Gasteiger partial charge in [0.25, 0.3) is 0 Å². The zero-order chi connectivity index (χ0) is 12.2. The van der Waals surface area contributed by atoms with Gasteiger partial charge in [0.15, 0.2) is 5.78 Å². The molecule has 16 heavy (non-hydrogen) atoms. The number of carbonyl (C=O) groups excluding carboxylic acids is 1. The largest absolute Gasteiger partial charge is 0.348 e. The average molecular weight is 217 g/mol. The molecule has 1 heterocycles. The Hall–Kier alpha value is -1.49. The maximum Gasteiger partial charge on any atom is 0.180 e. The first-order valence-corrected chi connectivity index (χ1v) is 5.55. The van der Waals surface area contributed by atoms with Crippen LogP contribution in [-0.4, -0.2) is 10.4 Å². The number of ketones is 1. The van der Waals surface area contributed by atoms with Crippen LogP contribution in [0.4, 0.5) is 0 Å². The first-order chi connectivity index (χ1) is 7.40. The molecule has 0 amide bonds. The van der Waals surface area contributed by atoms with Crippen molar-refractivity contribution in [3.63, 3.8) is 0 Å². The normalized spacial score (nSPS) is 10.8. The van der Waals surface area contributed by atoms with Crippen LogP contribution in [0, 0.1) is 17.3 Å². The maximum absolute atomic E-state index is 11.8. The van der Waals surface area contributed by atoms with Crippen LogP contribution in [0.1, 0.15) is 44.1 Å². The molecule has 2 heteroatoms. The van der Waals surface area contributed by atoms with Crippen molar-refractivity contribution in [3.05, 3.63) is 24.0 Å². The number of carbonyl (C=O) groups is 1. The zero-order valence-corrected chi connectivity index (χ0v) is 10.5. The summed E-state index contributed by atoms with van der Waals surface area (Å²) in [5.74, 6) is 6.35. The summed E-state index contributed by atoms with van der Waals surface area (Å²) in [7, 11) is 1.88. The summed E-state index contributed by atoms with van der Waals surface area (Å²) in [6.45, 7) is 6.21. The molecule has 86 valence electrons. The summed E-state index contributed by atoms with van der Waals surface area (Å²) in [6, 6.07) is 3.73. The van der Waals surface area contributed by atoms with Crippen LogP contribution in [0.3, 0.4) is 0 Å². The van der Waals surface area contributed by atoms with E-state index in [9.17, 15) is 4.79 Å². The Bertz CT molecular complexity index is 424. The van der Waals surface area contributed by atoms with Crippen molar-refractivity contribution in [1.82, 2.24) is 4.57 Å². The number of nitrogens with zero attached hydrogens (tertiary/aromatic N) is 1. The summed E-state index contributed by atoms with van der Waals surface area (Å²) < 4.78 is 1.85. The summed E-state index contributed by atoms with van der Waals surface area (Å²) >= 11 is 0. The number of hydrogen-bond donors (Lipinski definition) is 0. The van der Waals surface area contributed by atoms with Gasteiger partial charge in [-0.25, -0.2) is 0 Å². The molecular formula is C14H19NO. The van der Waals surface area contributed by atoms with Gasteiger partial charge < -0.3 is 4.57 Å². The summed E-state index contributed by atoms with van der Waals surface area (Å²) in [6.07, 6.45) is 3.02. The molecular weight excluding hydrogens is 198 g/mol. The van der Waals surface area contributed by atoms with E-state index in [-0.39, 0.29) is 11.2 Å². The molecule has 0 aliphatic heterocycles. The first-order valence-electron chi connectivity index (χ1n) is 5.55. The van der Waals surface area contributed by atoms with E-state index in [2.05, 4.69) is 32.6 Å². The standard InChI is InChI=1S/C14H19NO/c1-14(2,3)10-6-5-9-13(16)12-8-7-11-15(12)4/h7-8,11H,5,9H2,1-4H3. The highest BCUT2D eigenvalue weighted by atomic mass is 16.1. The number of aromatic nitrogens is 1. The molecule has 0 fully saturated rings. The Morgan fingerprint density at radius 3 is 2.62 bits per heavy atom. The van der Waals surface area contributed by atoms with Gasteiger partial charge >= 0.3 is 0 Å². The van der Waals surface area contributed by atoms with Crippen LogP contribution in [0.2, 0.25) is 0 Å². The van der Waals surface area contributed by atoms with Gasteiger partial charge in [-0.15, -0.1) is 5.92 Å². The third-order valence-corrected chi connectivity index (χ3v) is 2.17. The van der Waals surface area contributed by atoms with Crippen LogP contribution in [-0.2, 0) is 7.05 Å². The Balaban J connectivity index is 2.48. The van der Waals surface area contributed by atoms with Crippen LogP contribution in [0.5, 0.6) is 0 Å². The topological polar surface area (TPSA) is 22.0 Å². The second-order valence-electron chi connectivity index (χ2n) is 4.98. The average Bonchev–Trinajstić information content (AvgIpc) is 2.57. The van der Waals surface area contributed by atoms with Crippen molar-refractivity contribution in [2.75, 3.05) is 0 Å². The third-order valence-electron chi connectivity index (χ3n) is 2.17. The molecule has 0 atom stereocenters. The van der Waals surface area contributed by atoms with Gasteiger partial charge in [0.1, 0.15) is 0 Å². The molecule has 1 aromatic rings. The summed E-state index contributed by atoms with van der Waals surface area (Å²) in [4.78, 5) is 11.8. The van der Waals surface area contributed by atoms with Crippen LogP contribution in [0.25, 0.3) is 0 Å². The fraction of sp³-hybridized carbons (Fsp3) is 0.500. The molecule has 0 saturated carbocycles. The smallest absolute Gasteiger partial charge is 0.180 e. The van der Waals surface area contributed by atoms with Gasteiger partial charge in [0, 0.05) is 31.5 Å². The lowest BCUT2D eigenvalue weighted by Gasteiger charge is -2.06. The number of hydrogen-bond acceptors (Lipinski definition) is 1.